The van der Waals surface area contributed by atoms with Crippen molar-refractivity contribution in [3.63, 3.8) is 0 Å². The van der Waals surface area contributed by atoms with E-state index >= 15 is 0 Å². The minimum Gasteiger partial charge on any atom is -0.392 e. The molecule has 1 fully saturated rings. The number of hydrogen-bond acceptors (Lipinski definition) is 2. The normalized spacial score (nSPS) is 44.4. The van der Waals surface area contributed by atoms with Gasteiger partial charge in [-0.1, -0.05) is 19.9 Å². The maximum Gasteiger partial charge on any atom is 0.0653 e. The topological polar surface area (TPSA) is 40.5 Å². The molecule has 0 saturated heterocycles. The molecule has 1 saturated carbocycles. The molecule has 0 aromatic heterocycles. The van der Waals surface area contributed by atoms with Crippen LogP contribution in [0, 0.1) is 17.3 Å². The second kappa shape index (κ2) is 4.40. The molecule has 2 aliphatic rings. The maximum atomic E-state index is 10.6. The molecule has 0 aromatic rings. The van der Waals surface area contributed by atoms with Crippen LogP contribution in [-0.4, -0.2) is 22.4 Å². The van der Waals surface area contributed by atoms with Gasteiger partial charge in [0, 0.05) is 0 Å². The van der Waals surface area contributed by atoms with Crippen molar-refractivity contribution in [1.29, 1.82) is 0 Å². The molecule has 0 spiro atoms. The molecule has 0 bridgehead atoms. The summed E-state index contributed by atoms with van der Waals surface area (Å²) in [5.74, 6) is 1.05. The zero-order valence-corrected chi connectivity index (χ0v) is 11.4. The fraction of sp³-hybridized carbons (Fsp3) is 0.867. The van der Waals surface area contributed by atoms with Crippen molar-refractivity contribution in [3.8, 4) is 0 Å². The summed E-state index contributed by atoms with van der Waals surface area (Å²) < 4.78 is 0. The maximum absolute atomic E-state index is 10.6. The predicted octanol–water partition coefficient (Wildman–Crippen LogP) is 2.89. The number of hydrogen-bond donors (Lipinski definition) is 2. The molecular formula is C15H26O2. The molecule has 17 heavy (non-hydrogen) atoms. The molecule has 0 aromatic carbocycles. The Bertz CT molecular complexity index is 315. The molecule has 98 valence electrons. The van der Waals surface area contributed by atoms with Crippen molar-refractivity contribution < 1.29 is 10.2 Å². The van der Waals surface area contributed by atoms with Gasteiger partial charge in [0.05, 0.1) is 12.2 Å². The van der Waals surface area contributed by atoms with Crippen LogP contribution in [0.2, 0.25) is 0 Å². The highest BCUT2D eigenvalue weighted by Crippen LogP contribution is 2.58. The first-order valence-corrected chi connectivity index (χ1v) is 6.88. The summed E-state index contributed by atoms with van der Waals surface area (Å²) in [7, 11) is 0. The summed E-state index contributed by atoms with van der Waals surface area (Å²) in [5, 5.41) is 19.9. The van der Waals surface area contributed by atoms with Gasteiger partial charge in [-0.25, -0.2) is 0 Å². The summed E-state index contributed by atoms with van der Waals surface area (Å²) in [6, 6.07) is 0. The number of aliphatic hydroxyl groups is 2. The quantitative estimate of drug-likeness (QED) is 0.690. The van der Waals surface area contributed by atoms with Gasteiger partial charge in [0.1, 0.15) is 0 Å². The third kappa shape index (κ3) is 2.43. The lowest BCUT2D eigenvalue weighted by atomic mass is 9.50. The summed E-state index contributed by atoms with van der Waals surface area (Å²) in [6.07, 6.45) is 7.10. The van der Waals surface area contributed by atoms with E-state index in [1.54, 1.807) is 0 Å². The Balaban J connectivity index is 2.16. The van der Waals surface area contributed by atoms with Gasteiger partial charge in [-0.2, -0.15) is 0 Å². The Kier molecular flexibility index (Phi) is 3.39. The zero-order chi connectivity index (χ0) is 12.7. The van der Waals surface area contributed by atoms with Crippen molar-refractivity contribution in [2.45, 2.75) is 58.5 Å². The van der Waals surface area contributed by atoms with E-state index in [1.165, 1.54) is 0 Å². The van der Waals surface area contributed by atoms with Crippen LogP contribution in [0.25, 0.3) is 0 Å². The number of allylic oxidation sites excluding steroid dienone is 1. The average molecular weight is 238 g/mol. The average Bonchev–Trinajstić information content (AvgIpc) is 2.27. The van der Waals surface area contributed by atoms with E-state index in [0.29, 0.717) is 17.3 Å². The lowest BCUT2D eigenvalue weighted by Gasteiger charge is -2.57. The van der Waals surface area contributed by atoms with Crippen molar-refractivity contribution in [1.82, 2.24) is 0 Å². The van der Waals surface area contributed by atoms with Gasteiger partial charge in [0.2, 0.25) is 0 Å². The molecule has 0 heterocycles. The van der Waals surface area contributed by atoms with E-state index in [9.17, 15) is 10.2 Å². The standard InChI is InChI=1S/C15H26O2/c1-14(2)9-13-12(14)7-6-11(10-16)5-4-8-15(13,3)17/h5,12-13,16-17H,4,6-10H2,1-3H3/b11-5+/t12-,13+,15-/m1/s1. The van der Waals surface area contributed by atoms with E-state index in [-0.39, 0.29) is 6.61 Å². The van der Waals surface area contributed by atoms with Crippen LogP contribution in [0.3, 0.4) is 0 Å². The summed E-state index contributed by atoms with van der Waals surface area (Å²) in [6.45, 7) is 6.80. The van der Waals surface area contributed by atoms with Gasteiger partial charge >= 0.3 is 0 Å². The third-order valence-corrected chi connectivity index (χ3v) is 5.10. The van der Waals surface area contributed by atoms with E-state index in [1.807, 2.05) is 6.92 Å². The number of rotatable bonds is 1. The molecule has 0 amide bonds. The second-order valence-corrected chi connectivity index (χ2v) is 6.86. The molecule has 2 nitrogen and oxygen atoms in total. The molecule has 0 aliphatic heterocycles. The molecular weight excluding hydrogens is 212 g/mol. The van der Waals surface area contributed by atoms with Crippen molar-refractivity contribution in [3.05, 3.63) is 11.6 Å². The lowest BCUT2D eigenvalue weighted by Crippen LogP contribution is -2.54. The molecule has 2 heteroatoms. The molecule has 3 atom stereocenters. The number of aliphatic hydroxyl groups excluding tert-OH is 1. The Hall–Kier alpha value is -0.340. The van der Waals surface area contributed by atoms with Crippen LogP contribution in [-0.2, 0) is 0 Å². The molecule has 2 aliphatic carbocycles. The minimum atomic E-state index is -0.526. The third-order valence-electron chi connectivity index (χ3n) is 5.10. The molecule has 0 radical (unpaired) electrons. The van der Waals surface area contributed by atoms with E-state index in [0.717, 1.165) is 37.7 Å². The first-order valence-electron chi connectivity index (χ1n) is 6.88. The van der Waals surface area contributed by atoms with Gasteiger partial charge in [0.25, 0.3) is 0 Å². The van der Waals surface area contributed by atoms with Crippen molar-refractivity contribution in [2.24, 2.45) is 17.3 Å². The van der Waals surface area contributed by atoms with Crippen molar-refractivity contribution in [2.75, 3.05) is 6.61 Å². The van der Waals surface area contributed by atoms with Crippen molar-refractivity contribution >= 4 is 0 Å². The largest absolute Gasteiger partial charge is 0.392 e. The van der Waals surface area contributed by atoms with Gasteiger partial charge in [-0.15, -0.1) is 0 Å². The Morgan fingerprint density at radius 1 is 1.29 bits per heavy atom. The summed E-state index contributed by atoms with van der Waals surface area (Å²) in [4.78, 5) is 0. The Labute approximate surface area is 105 Å². The fourth-order valence-corrected chi connectivity index (χ4v) is 3.83. The Morgan fingerprint density at radius 2 is 2.00 bits per heavy atom. The highest BCUT2D eigenvalue weighted by Gasteiger charge is 2.53. The van der Waals surface area contributed by atoms with Gasteiger partial charge in [-0.05, 0) is 61.9 Å². The van der Waals surface area contributed by atoms with Crippen LogP contribution in [0.5, 0.6) is 0 Å². The van der Waals surface area contributed by atoms with Crippen LogP contribution in [0.4, 0.5) is 0 Å². The van der Waals surface area contributed by atoms with Gasteiger partial charge in [0.15, 0.2) is 0 Å². The fourth-order valence-electron chi connectivity index (χ4n) is 3.83. The van der Waals surface area contributed by atoms with Crippen LogP contribution < -0.4 is 0 Å². The summed E-state index contributed by atoms with van der Waals surface area (Å²) in [5.41, 5.74) is 0.991. The van der Waals surface area contributed by atoms with Crippen LogP contribution >= 0.6 is 0 Å². The highest BCUT2D eigenvalue weighted by molar-refractivity contribution is 5.10. The van der Waals surface area contributed by atoms with Gasteiger partial charge in [-0.3, -0.25) is 0 Å². The van der Waals surface area contributed by atoms with Crippen LogP contribution in [0.1, 0.15) is 52.9 Å². The first kappa shape index (κ1) is 13.1. The SMILES string of the molecule is CC1(C)C[C@H]2[C@H]1CC/C(CO)=C\CC[C@@]2(C)O. The molecule has 2 rings (SSSR count). The van der Waals surface area contributed by atoms with E-state index in [4.69, 9.17) is 0 Å². The van der Waals surface area contributed by atoms with E-state index in [2.05, 4.69) is 19.9 Å². The summed E-state index contributed by atoms with van der Waals surface area (Å²) >= 11 is 0. The van der Waals surface area contributed by atoms with Gasteiger partial charge < -0.3 is 10.2 Å². The zero-order valence-electron chi connectivity index (χ0n) is 11.4. The monoisotopic (exact) mass is 238 g/mol. The van der Waals surface area contributed by atoms with Crippen LogP contribution in [0.15, 0.2) is 11.6 Å². The highest BCUT2D eigenvalue weighted by atomic mass is 16.3. The lowest BCUT2D eigenvalue weighted by molar-refractivity contribution is -0.141. The number of fused-ring (bicyclic) bond motifs is 1. The minimum absolute atomic E-state index is 0.181. The Morgan fingerprint density at radius 3 is 2.59 bits per heavy atom. The predicted molar refractivity (Wildman–Crippen MR) is 69.6 cm³/mol. The second-order valence-electron chi connectivity index (χ2n) is 6.86. The van der Waals surface area contributed by atoms with E-state index < -0.39 is 5.60 Å². The first-order chi connectivity index (χ1) is 7.87. The molecule has 2 N–H and O–H groups in total. The smallest absolute Gasteiger partial charge is 0.0653 e. The molecule has 0 unspecified atom stereocenters.